The highest BCUT2D eigenvalue weighted by Gasteiger charge is 2.23. The number of benzene rings is 1. The average molecular weight is 360 g/mol. The first kappa shape index (κ1) is 18.5. The van der Waals surface area contributed by atoms with E-state index in [9.17, 15) is 14.3 Å². The van der Waals surface area contributed by atoms with E-state index in [1.165, 1.54) is 11.0 Å². The third-order valence-electron chi connectivity index (χ3n) is 4.88. The summed E-state index contributed by atoms with van der Waals surface area (Å²) in [5, 5.41) is 14.7. The smallest absolute Gasteiger partial charge is 0.225 e. The van der Waals surface area contributed by atoms with Gasteiger partial charge in [-0.1, -0.05) is 12.1 Å². The van der Waals surface area contributed by atoms with Crippen LogP contribution in [0.5, 0.6) is 0 Å². The third kappa shape index (κ3) is 3.94. The fourth-order valence-electron chi connectivity index (χ4n) is 3.16. The fraction of sp³-hybridized carbons (Fsp3) is 0.474. The minimum absolute atomic E-state index is 0.0235. The molecule has 0 saturated carbocycles. The Labute approximate surface area is 152 Å². The second-order valence-corrected chi connectivity index (χ2v) is 7.03. The Hall–Kier alpha value is -2.25. The first-order valence-corrected chi connectivity index (χ1v) is 8.76. The van der Waals surface area contributed by atoms with Gasteiger partial charge in [0.2, 0.25) is 5.91 Å². The molecule has 1 aliphatic heterocycles. The maximum atomic E-state index is 13.7. The molecule has 0 saturated heterocycles. The maximum Gasteiger partial charge on any atom is 0.225 e. The number of rotatable bonds is 5. The highest BCUT2D eigenvalue weighted by Crippen LogP contribution is 2.22. The van der Waals surface area contributed by atoms with Crippen LogP contribution in [-0.4, -0.2) is 51.2 Å². The third-order valence-corrected chi connectivity index (χ3v) is 4.88. The van der Waals surface area contributed by atoms with E-state index in [2.05, 4.69) is 10.00 Å². The van der Waals surface area contributed by atoms with Crippen LogP contribution in [0.4, 0.5) is 4.39 Å². The number of hydrogen-bond acceptors (Lipinski definition) is 4. The van der Waals surface area contributed by atoms with Gasteiger partial charge < -0.3 is 10.0 Å². The molecule has 1 aromatic carbocycles. The molecule has 1 N–H and O–H groups in total. The number of carbonyl (C=O) groups is 1. The van der Waals surface area contributed by atoms with Crippen LogP contribution in [0.1, 0.15) is 35.0 Å². The topological polar surface area (TPSA) is 61.6 Å². The monoisotopic (exact) mass is 360 g/mol. The zero-order valence-corrected chi connectivity index (χ0v) is 15.4. The van der Waals surface area contributed by atoms with Crippen molar-refractivity contribution in [3.63, 3.8) is 0 Å². The van der Waals surface area contributed by atoms with Gasteiger partial charge in [-0.05, 0) is 30.2 Å². The number of aliphatic hydroxyl groups is 1. The molecule has 7 heteroatoms. The summed E-state index contributed by atoms with van der Waals surface area (Å²) in [6.07, 6.45) is -0.878. The largest absolute Gasteiger partial charge is 0.386 e. The molecule has 3 rings (SSSR count). The summed E-state index contributed by atoms with van der Waals surface area (Å²) in [5.74, 6) is -0.313. The Balaban J connectivity index is 1.68. The standard InChI is InChI=1S/C19H25FN4O2/c1-13-14(5-4-6-16(13)20)11-23-7-8-24-15(12-23)9-17(21-24)18(25)10-19(26)22(2)3/h4-6,9,18,25H,7-8,10-12H2,1-3H3/t18-/m1/s1. The van der Waals surface area contributed by atoms with Crippen LogP contribution in [0.3, 0.4) is 0 Å². The van der Waals surface area contributed by atoms with Gasteiger partial charge in [0, 0.05) is 33.7 Å². The minimum Gasteiger partial charge on any atom is -0.386 e. The van der Waals surface area contributed by atoms with Crippen molar-refractivity contribution in [1.29, 1.82) is 0 Å². The van der Waals surface area contributed by atoms with E-state index in [1.807, 2.05) is 16.8 Å². The molecule has 140 valence electrons. The quantitative estimate of drug-likeness (QED) is 0.884. The summed E-state index contributed by atoms with van der Waals surface area (Å²) in [7, 11) is 3.33. The number of fused-ring (bicyclic) bond motifs is 1. The lowest BCUT2D eigenvalue weighted by Crippen LogP contribution is -2.33. The molecular weight excluding hydrogens is 335 g/mol. The van der Waals surface area contributed by atoms with Crippen molar-refractivity contribution in [2.75, 3.05) is 20.6 Å². The highest BCUT2D eigenvalue weighted by molar-refractivity contribution is 5.76. The van der Waals surface area contributed by atoms with Gasteiger partial charge in [-0.2, -0.15) is 5.10 Å². The SMILES string of the molecule is Cc1c(F)cccc1CN1CCn2nc([C@H](O)CC(=O)N(C)C)cc2C1. The Morgan fingerprint density at radius 2 is 2.15 bits per heavy atom. The molecule has 1 aliphatic rings. The number of aromatic nitrogens is 2. The van der Waals surface area contributed by atoms with E-state index in [1.54, 1.807) is 27.1 Å². The molecule has 2 heterocycles. The number of halogens is 1. The normalized spacial score (nSPS) is 15.6. The van der Waals surface area contributed by atoms with E-state index >= 15 is 0 Å². The molecular formula is C19H25FN4O2. The zero-order valence-electron chi connectivity index (χ0n) is 15.4. The summed E-state index contributed by atoms with van der Waals surface area (Å²) in [4.78, 5) is 15.5. The molecule has 0 radical (unpaired) electrons. The summed E-state index contributed by atoms with van der Waals surface area (Å²) >= 11 is 0. The van der Waals surface area contributed by atoms with Crippen molar-refractivity contribution in [3.05, 3.63) is 52.6 Å². The molecule has 1 amide bonds. The highest BCUT2D eigenvalue weighted by atomic mass is 19.1. The van der Waals surface area contributed by atoms with Crippen molar-refractivity contribution in [3.8, 4) is 0 Å². The van der Waals surface area contributed by atoms with Gasteiger partial charge in [0.25, 0.3) is 0 Å². The predicted octanol–water partition coefficient (Wildman–Crippen LogP) is 1.86. The Bertz CT molecular complexity index is 803. The molecule has 0 spiro atoms. The number of hydrogen-bond donors (Lipinski definition) is 1. The summed E-state index contributed by atoms with van der Waals surface area (Å²) in [5.41, 5.74) is 3.19. The molecule has 0 aliphatic carbocycles. The number of aliphatic hydroxyl groups excluding tert-OH is 1. The first-order valence-electron chi connectivity index (χ1n) is 8.76. The minimum atomic E-state index is -0.901. The summed E-state index contributed by atoms with van der Waals surface area (Å²) in [6, 6.07) is 7.03. The summed E-state index contributed by atoms with van der Waals surface area (Å²) < 4.78 is 15.6. The van der Waals surface area contributed by atoms with Gasteiger partial charge in [0.15, 0.2) is 0 Å². The Morgan fingerprint density at radius 3 is 2.88 bits per heavy atom. The van der Waals surface area contributed by atoms with Crippen molar-refractivity contribution in [2.24, 2.45) is 0 Å². The van der Waals surface area contributed by atoms with E-state index in [4.69, 9.17) is 0 Å². The molecule has 1 atom stereocenters. The zero-order chi connectivity index (χ0) is 18.8. The summed E-state index contributed by atoms with van der Waals surface area (Å²) in [6.45, 7) is 4.66. The van der Waals surface area contributed by atoms with Gasteiger partial charge in [-0.15, -0.1) is 0 Å². The van der Waals surface area contributed by atoms with Crippen molar-refractivity contribution in [2.45, 2.75) is 39.1 Å². The molecule has 0 bridgehead atoms. The van der Waals surface area contributed by atoms with Gasteiger partial charge >= 0.3 is 0 Å². The molecule has 2 aromatic rings. The molecule has 0 unspecified atom stereocenters. The van der Waals surface area contributed by atoms with Crippen LogP contribution in [0, 0.1) is 12.7 Å². The van der Waals surface area contributed by atoms with Gasteiger partial charge in [-0.3, -0.25) is 14.4 Å². The number of nitrogens with zero attached hydrogens (tertiary/aromatic N) is 4. The number of carbonyl (C=O) groups excluding carboxylic acids is 1. The molecule has 1 aromatic heterocycles. The van der Waals surface area contributed by atoms with Gasteiger partial charge in [0.1, 0.15) is 11.9 Å². The molecule has 26 heavy (non-hydrogen) atoms. The average Bonchev–Trinajstić information content (AvgIpc) is 3.02. The predicted molar refractivity (Wildman–Crippen MR) is 95.7 cm³/mol. The van der Waals surface area contributed by atoms with E-state index < -0.39 is 6.10 Å². The van der Waals surface area contributed by atoms with Crippen molar-refractivity contribution >= 4 is 5.91 Å². The lowest BCUT2D eigenvalue weighted by molar-refractivity contribution is -0.130. The van der Waals surface area contributed by atoms with Crippen LogP contribution >= 0.6 is 0 Å². The van der Waals surface area contributed by atoms with Crippen LogP contribution in [0.25, 0.3) is 0 Å². The first-order chi connectivity index (χ1) is 12.3. The fourth-order valence-corrected chi connectivity index (χ4v) is 3.16. The Morgan fingerprint density at radius 1 is 1.38 bits per heavy atom. The second kappa shape index (κ2) is 7.55. The van der Waals surface area contributed by atoms with Crippen molar-refractivity contribution < 1.29 is 14.3 Å². The van der Waals surface area contributed by atoms with E-state index in [0.717, 1.165) is 17.8 Å². The number of amides is 1. The van der Waals surface area contributed by atoms with Crippen LogP contribution in [0.15, 0.2) is 24.3 Å². The second-order valence-electron chi connectivity index (χ2n) is 7.03. The van der Waals surface area contributed by atoms with E-state index in [-0.39, 0.29) is 18.1 Å². The lowest BCUT2D eigenvalue weighted by atomic mass is 10.1. The van der Waals surface area contributed by atoms with Crippen LogP contribution < -0.4 is 0 Å². The lowest BCUT2D eigenvalue weighted by Gasteiger charge is -2.28. The molecule has 0 fully saturated rings. The Kier molecular flexibility index (Phi) is 5.38. The van der Waals surface area contributed by atoms with Gasteiger partial charge in [-0.25, -0.2) is 4.39 Å². The van der Waals surface area contributed by atoms with Crippen LogP contribution in [-0.2, 0) is 24.4 Å². The van der Waals surface area contributed by atoms with E-state index in [0.29, 0.717) is 30.9 Å². The van der Waals surface area contributed by atoms with Gasteiger partial charge in [0.05, 0.1) is 24.4 Å². The van der Waals surface area contributed by atoms with Crippen molar-refractivity contribution in [1.82, 2.24) is 19.6 Å². The maximum absolute atomic E-state index is 13.7. The van der Waals surface area contributed by atoms with Crippen LogP contribution in [0.2, 0.25) is 0 Å². The molecule has 6 nitrogen and oxygen atoms in total.